The van der Waals surface area contributed by atoms with Crippen LogP contribution in [0.4, 0.5) is 5.69 Å². The summed E-state index contributed by atoms with van der Waals surface area (Å²) in [5, 5.41) is 2.75. The first-order chi connectivity index (χ1) is 11.5. The third-order valence-corrected chi connectivity index (χ3v) is 5.11. The fourth-order valence-electron chi connectivity index (χ4n) is 2.30. The summed E-state index contributed by atoms with van der Waals surface area (Å²) in [4.78, 5) is 12.3. The molecule has 25 heavy (non-hydrogen) atoms. The Kier molecular flexibility index (Phi) is 5.65. The van der Waals surface area contributed by atoms with Gasteiger partial charge in [0.2, 0.25) is 15.9 Å². The van der Waals surface area contributed by atoms with Crippen molar-refractivity contribution in [3.05, 3.63) is 59.7 Å². The molecule has 2 aromatic carbocycles. The van der Waals surface area contributed by atoms with Crippen molar-refractivity contribution in [3.8, 4) is 0 Å². The van der Waals surface area contributed by atoms with E-state index in [0.717, 1.165) is 11.1 Å². The molecule has 0 fully saturated rings. The monoisotopic (exact) mass is 360 g/mol. The minimum atomic E-state index is -3.64. The molecular weight excluding hydrogens is 336 g/mol. The Hall–Kier alpha value is -2.18. The van der Waals surface area contributed by atoms with E-state index in [1.807, 2.05) is 31.2 Å². The molecule has 0 aliphatic carbocycles. The molecule has 1 amide bonds. The Labute approximate surface area is 149 Å². The van der Waals surface area contributed by atoms with Crippen LogP contribution in [0.2, 0.25) is 0 Å². The number of hydrogen-bond acceptors (Lipinski definition) is 3. The lowest BCUT2D eigenvalue weighted by Gasteiger charge is -2.20. The van der Waals surface area contributed by atoms with Crippen molar-refractivity contribution in [2.24, 2.45) is 0 Å². The Balaban J connectivity index is 2.11. The number of aryl methyl sites for hydroxylation is 1. The zero-order valence-corrected chi connectivity index (χ0v) is 15.8. The van der Waals surface area contributed by atoms with Gasteiger partial charge in [-0.05, 0) is 51.5 Å². The molecular formula is C19H24N2O3S. The number of hydrogen-bond donors (Lipinski definition) is 2. The molecule has 134 valence electrons. The molecule has 0 heterocycles. The van der Waals surface area contributed by atoms with Crippen molar-refractivity contribution in [3.63, 3.8) is 0 Å². The second kappa shape index (κ2) is 7.37. The largest absolute Gasteiger partial charge is 0.326 e. The minimum absolute atomic E-state index is 0.121. The number of benzene rings is 2. The number of sulfonamides is 1. The van der Waals surface area contributed by atoms with Gasteiger partial charge in [-0.1, -0.05) is 35.9 Å². The highest BCUT2D eigenvalue weighted by Gasteiger charge is 2.22. The highest BCUT2D eigenvalue weighted by atomic mass is 32.2. The molecule has 0 saturated carbocycles. The summed E-state index contributed by atoms with van der Waals surface area (Å²) >= 11 is 0. The third-order valence-electron chi connectivity index (χ3n) is 3.35. The fourth-order valence-corrected chi connectivity index (χ4v) is 3.76. The molecule has 0 atom stereocenters. The zero-order valence-electron chi connectivity index (χ0n) is 15.0. The minimum Gasteiger partial charge on any atom is -0.326 e. The Morgan fingerprint density at radius 3 is 2.28 bits per heavy atom. The predicted octanol–water partition coefficient (Wildman–Crippen LogP) is 3.25. The first-order valence-electron chi connectivity index (χ1n) is 8.05. The number of carbonyl (C=O) groups is 1. The summed E-state index contributed by atoms with van der Waals surface area (Å²) in [5.41, 5.74) is 1.91. The maximum absolute atomic E-state index is 12.4. The average Bonchev–Trinajstić information content (AvgIpc) is 2.47. The van der Waals surface area contributed by atoms with Crippen LogP contribution < -0.4 is 10.0 Å². The Morgan fingerprint density at radius 2 is 1.68 bits per heavy atom. The van der Waals surface area contributed by atoms with Crippen LogP contribution in [0.15, 0.2) is 53.4 Å². The van der Waals surface area contributed by atoms with Crippen LogP contribution in [0.1, 0.15) is 31.9 Å². The van der Waals surface area contributed by atoms with Gasteiger partial charge < -0.3 is 5.32 Å². The van der Waals surface area contributed by atoms with Crippen LogP contribution >= 0.6 is 0 Å². The van der Waals surface area contributed by atoms with Crippen LogP contribution in [-0.2, 0) is 21.2 Å². The second-order valence-corrected chi connectivity index (χ2v) is 8.78. The predicted molar refractivity (Wildman–Crippen MR) is 100 cm³/mol. The summed E-state index contributed by atoms with van der Waals surface area (Å²) in [5.74, 6) is -0.192. The van der Waals surface area contributed by atoms with Crippen LogP contribution in [0, 0.1) is 6.92 Å². The molecule has 0 radical (unpaired) electrons. The van der Waals surface area contributed by atoms with Gasteiger partial charge in [0.15, 0.2) is 0 Å². The SMILES string of the molecule is Cc1ccc(CC(=O)Nc2cccc(S(=O)(=O)NC(C)(C)C)c2)cc1. The van der Waals surface area contributed by atoms with Crippen LogP contribution in [-0.4, -0.2) is 19.9 Å². The molecule has 6 heteroatoms. The van der Waals surface area contributed by atoms with E-state index in [9.17, 15) is 13.2 Å². The van der Waals surface area contributed by atoms with Crippen molar-refractivity contribution >= 4 is 21.6 Å². The smallest absolute Gasteiger partial charge is 0.241 e. The molecule has 0 bridgehead atoms. The van der Waals surface area contributed by atoms with E-state index in [1.54, 1.807) is 32.9 Å². The van der Waals surface area contributed by atoms with E-state index < -0.39 is 15.6 Å². The molecule has 5 nitrogen and oxygen atoms in total. The lowest BCUT2D eigenvalue weighted by atomic mass is 10.1. The van der Waals surface area contributed by atoms with Crippen molar-refractivity contribution in [2.45, 2.75) is 44.6 Å². The molecule has 2 rings (SSSR count). The van der Waals surface area contributed by atoms with Gasteiger partial charge in [-0.25, -0.2) is 13.1 Å². The van der Waals surface area contributed by atoms with Gasteiger partial charge in [-0.2, -0.15) is 0 Å². The topological polar surface area (TPSA) is 75.3 Å². The third kappa shape index (κ3) is 5.99. The van der Waals surface area contributed by atoms with Crippen LogP contribution in [0.5, 0.6) is 0 Å². The normalized spacial score (nSPS) is 12.0. The lowest BCUT2D eigenvalue weighted by Crippen LogP contribution is -2.40. The number of carbonyl (C=O) groups excluding carboxylic acids is 1. The van der Waals surface area contributed by atoms with E-state index in [-0.39, 0.29) is 17.2 Å². The van der Waals surface area contributed by atoms with Crippen molar-refractivity contribution in [1.29, 1.82) is 0 Å². The number of anilines is 1. The fraction of sp³-hybridized carbons (Fsp3) is 0.316. The molecule has 2 aromatic rings. The van der Waals surface area contributed by atoms with E-state index in [2.05, 4.69) is 10.0 Å². The molecule has 2 N–H and O–H groups in total. The van der Waals surface area contributed by atoms with E-state index in [0.29, 0.717) is 5.69 Å². The van der Waals surface area contributed by atoms with Crippen molar-refractivity contribution < 1.29 is 13.2 Å². The van der Waals surface area contributed by atoms with Crippen LogP contribution in [0.3, 0.4) is 0 Å². The molecule has 0 aliphatic heterocycles. The van der Waals surface area contributed by atoms with Gasteiger partial charge in [0.1, 0.15) is 0 Å². The number of rotatable bonds is 5. The van der Waals surface area contributed by atoms with Gasteiger partial charge in [-0.3, -0.25) is 4.79 Å². The second-order valence-electron chi connectivity index (χ2n) is 7.09. The quantitative estimate of drug-likeness (QED) is 0.859. The summed E-state index contributed by atoms with van der Waals surface area (Å²) in [7, 11) is -3.64. The van der Waals surface area contributed by atoms with Gasteiger partial charge >= 0.3 is 0 Å². The Morgan fingerprint density at radius 1 is 1.04 bits per heavy atom. The van der Waals surface area contributed by atoms with E-state index >= 15 is 0 Å². The summed E-state index contributed by atoms with van der Waals surface area (Å²) in [6.07, 6.45) is 0.234. The zero-order chi connectivity index (χ0) is 18.7. The molecule has 0 saturated heterocycles. The van der Waals surface area contributed by atoms with Gasteiger partial charge in [0.25, 0.3) is 0 Å². The lowest BCUT2D eigenvalue weighted by molar-refractivity contribution is -0.115. The number of nitrogens with one attached hydrogen (secondary N) is 2. The molecule has 0 unspecified atom stereocenters. The summed E-state index contributed by atoms with van der Waals surface area (Å²) in [6.45, 7) is 7.31. The highest BCUT2D eigenvalue weighted by molar-refractivity contribution is 7.89. The first kappa shape index (κ1) is 19.1. The summed E-state index contributed by atoms with van der Waals surface area (Å²) in [6, 6.07) is 14.0. The van der Waals surface area contributed by atoms with E-state index in [1.165, 1.54) is 12.1 Å². The van der Waals surface area contributed by atoms with Gasteiger partial charge in [-0.15, -0.1) is 0 Å². The molecule has 0 spiro atoms. The van der Waals surface area contributed by atoms with Gasteiger partial charge in [0, 0.05) is 11.2 Å². The first-order valence-corrected chi connectivity index (χ1v) is 9.53. The molecule has 0 aromatic heterocycles. The Bertz CT molecular complexity index is 851. The molecule has 0 aliphatic rings. The van der Waals surface area contributed by atoms with Crippen LogP contribution in [0.25, 0.3) is 0 Å². The maximum atomic E-state index is 12.4. The summed E-state index contributed by atoms with van der Waals surface area (Å²) < 4.78 is 27.4. The van der Waals surface area contributed by atoms with E-state index in [4.69, 9.17) is 0 Å². The maximum Gasteiger partial charge on any atom is 0.241 e. The van der Waals surface area contributed by atoms with Crippen molar-refractivity contribution in [2.75, 3.05) is 5.32 Å². The van der Waals surface area contributed by atoms with Gasteiger partial charge in [0.05, 0.1) is 11.3 Å². The van der Waals surface area contributed by atoms with Crippen molar-refractivity contribution in [1.82, 2.24) is 4.72 Å². The average molecular weight is 360 g/mol. The highest BCUT2D eigenvalue weighted by Crippen LogP contribution is 2.18. The standard InChI is InChI=1S/C19H24N2O3S/c1-14-8-10-15(11-9-14)12-18(22)20-16-6-5-7-17(13-16)25(23,24)21-19(2,3)4/h5-11,13,21H,12H2,1-4H3,(H,20,22). The number of amides is 1.